The van der Waals surface area contributed by atoms with Gasteiger partial charge in [0, 0.05) is 17.6 Å². The van der Waals surface area contributed by atoms with Crippen LogP contribution >= 0.6 is 11.6 Å². The molecule has 14 heavy (non-hydrogen) atoms. The molecule has 0 amide bonds. The summed E-state index contributed by atoms with van der Waals surface area (Å²) in [5, 5.41) is 3.93. The molecule has 2 heteroatoms. The van der Waals surface area contributed by atoms with Gasteiger partial charge in [-0.2, -0.15) is 0 Å². The van der Waals surface area contributed by atoms with Gasteiger partial charge in [0.25, 0.3) is 0 Å². The number of hydrogen-bond donors (Lipinski definition) is 1. The van der Waals surface area contributed by atoms with Crippen LogP contribution in [0.25, 0.3) is 0 Å². The summed E-state index contributed by atoms with van der Waals surface area (Å²) in [5.41, 5.74) is 2.55. The summed E-state index contributed by atoms with van der Waals surface area (Å²) in [6.07, 6.45) is 0. The van der Waals surface area contributed by atoms with E-state index in [9.17, 15) is 0 Å². The second kappa shape index (κ2) is 5.18. The van der Waals surface area contributed by atoms with Gasteiger partial charge in [-0.1, -0.05) is 48.0 Å². The number of hydrogen-bond acceptors (Lipinski definition) is 1. The van der Waals surface area contributed by atoms with Crippen LogP contribution in [0.5, 0.6) is 0 Å². The fourth-order valence-corrected chi connectivity index (χ4v) is 1.31. The molecule has 1 aromatic carbocycles. The molecule has 0 aliphatic heterocycles. The average molecular weight is 210 g/mol. The molecule has 0 aliphatic carbocycles. The summed E-state index contributed by atoms with van der Waals surface area (Å²) in [5.74, 6) is 0. The van der Waals surface area contributed by atoms with Gasteiger partial charge in [0.2, 0.25) is 0 Å². The Hall–Kier alpha value is -0.790. The highest BCUT2D eigenvalue weighted by molar-refractivity contribution is 6.29. The van der Waals surface area contributed by atoms with Crippen LogP contribution in [0.2, 0.25) is 0 Å². The molecule has 76 valence electrons. The molecule has 0 spiro atoms. The van der Waals surface area contributed by atoms with Crippen molar-refractivity contribution < 1.29 is 0 Å². The van der Waals surface area contributed by atoms with Gasteiger partial charge in [-0.3, -0.25) is 0 Å². The molecule has 1 aromatic rings. The van der Waals surface area contributed by atoms with Gasteiger partial charge in [0.05, 0.1) is 0 Å². The van der Waals surface area contributed by atoms with Gasteiger partial charge in [0.15, 0.2) is 0 Å². The topological polar surface area (TPSA) is 12.0 Å². The Morgan fingerprint density at radius 1 is 1.43 bits per heavy atom. The van der Waals surface area contributed by atoms with Crippen LogP contribution in [0.1, 0.15) is 24.1 Å². The first-order valence-corrected chi connectivity index (χ1v) is 5.10. The predicted molar refractivity (Wildman–Crippen MR) is 62.6 cm³/mol. The van der Waals surface area contributed by atoms with Crippen LogP contribution in [0, 0.1) is 6.92 Å². The third kappa shape index (κ3) is 3.52. The van der Waals surface area contributed by atoms with E-state index in [2.05, 4.69) is 50.0 Å². The van der Waals surface area contributed by atoms with Crippen molar-refractivity contribution in [2.24, 2.45) is 0 Å². The fourth-order valence-electron chi connectivity index (χ4n) is 1.24. The normalized spacial score (nSPS) is 12.5. The van der Waals surface area contributed by atoms with E-state index in [4.69, 9.17) is 11.6 Å². The molecule has 1 N–H and O–H groups in total. The Labute approximate surface area is 90.8 Å². The Morgan fingerprint density at radius 2 is 2.00 bits per heavy atom. The maximum Gasteiger partial charge on any atom is 0.0313 e. The zero-order valence-corrected chi connectivity index (χ0v) is 9.43. The Kier molecular flexibility index (Phi) is 4.18. The van der Waals surface area contributed by atoms with Crippen LogP contribution in [0.4, 0.5) is 0 Å². The highest BCUT2D eigenvalue weighted by atomic mass is 35.5. The second-order valence-electron chi connectivity index (χ2n) is 3.53. The molecule has 1 nitrogen and oxygen atoms in total. The molecule has 0 saturated heterocycles. The van der Waals surface area contributed by atoms with E-state index in [1.807, 2.05) is 0 Å². The molecule has 0 aromatic heterocycles. The zero-order valence-electron chi connectivity index (χ0n) is 8.68. The maximum atomic E-state index is 5.68. The van der Waals surface area contributed by atoms with E-state index < -0.39 is 0 Å². The number of rotatable bonds is 4. The minimum absolute atomic E-state index is 0.311. The highest BCUT2D eigenvalue weighted by Crippen LogP contribution is 2.13. The molecule has 0 fully saturated rings. The largest absolute Gasteiger partial charge is 0.305 e. The summed E-state index contributed by atoms with van der Waals surface area (Å²) in [6.45, 7) is 8.49. The lowest BCUT2D eigenvalue weighted by Gasteiger charge is -2.13. The number of nitrogens with one attached hydrogen (secondary N) is 1. The zero-order chi connectivity index (χ0) is 10.6. The molecule has 0 heterocycles. The smallest absolute Gasteiger partial charge is 0.0313 e. The minimum Gasteiger partial charge on any atom is -0.305 e. The second-order valence-corrected chi connectivity index (χ2v) is 4.07. The number of benzene rings is 1. The Morgan fingerprint density at radius 3 is 2.50 bits per heavy atom. The molecule has 0 bridgehead atoms. The molecular weight excluding hydrogens is 194 g/mol. The van der Waals surface area contributed by atoms with Gasteiger partial charge in [0.1, 0.15) is 0 Å². The summed E-state index contributed by atoms with van der Waals surface area (Å²) in [4.78, 5) is 0. The minimum atomic E-state index is 0.311. The molecule has 0 radical (unpaired) electrons. The average Bonchev–Trinajstić information content (AvgIpc) is 2.15. The van der Waals surface area contributed by atoms with Crippen molar-refractivity contribution in [1.82, 2.24) is 5.32 Å². The molecule has 0 aliphatic rings. The van der Waals surface area contributed by atoms with E-state index in [0.29, 0.717) is 17.6 Å². The van der Waals surface area contributed by atoms with E-state index in [0.717, 1.165) is 0 Å². The van der Waals surface area contributed by atoms with Crippen LogP contribution in [0.15, 0.2) is 35.9 Å². The van der Waals surface area contributed by atoms with Crippen molar-refractivity contribution in [3.63, 3.8) is 0 Å². The van der Waals surface area contributed by atoms with Gasteiger partial charge in [-0.25, -0.2) is 0 Å². The van der Waals surface area contributed by atoms with Gasteiger partial charge in [-0.05, 0) is 19.4 Å². The van der Waals surface area contributed by atoms with Crippen LogP contribution in [0.3, 0.4) is 0 Å². The molecule has 1 rings (SSSR count). The number of aryl methyl sites for hydroxylation is 1. The predicted octanol–water partition coefficient (Wildman–Crippen LogP) is 3.40. The van der Waals surface area contributed by atoms with E-state index in [1.165, 1.54) is 11.1 Å². The van der Waals surface area contributed by atoms with Crippen LogP contribution < -0.4 is 5.32 Å². The van der Waals surface area contributed by atoms with Crippen molar-refractivity contribution >= 4 is 11.6 Å². The fraction of sp³-hybridized carbons (Fsp3) is 0.333. The molecule has 0 unspecified atom stereocenters. The molecule has 0 saturated carbocycles. The summed E-state index contributed by atoms with van der Waals surface area (Å²) in [6, 6.07) is 8.80. The van der Waals surface area contributed by atoms with Crippen LogP contribution in [-0.4, -0.2) is 6.54 Å². The maximum absolute atomic E-state index is 5.68. The standard InChI is InChI=1S/C12H16ClN/c1-9-4-6-12(7-5-9)11(3)14-8-10(2)13/h4-7,11,14H,2,8H2,1,3H3/t11-/m0/s1. The highest BCUT2D eigenvalue weighted by Gasteiger charge is 2.03. The van der Waals surface area contributed by atoms with Gasteiger partial charge >= 0.3 is 0 Å². The molecular formula is C12H16ClN. The summed E-state index contributed by atoms with van der Waals surface area (Å²) >= 11 is 5.68. The monoisotopic (exact) mass is 209 g/mol. The van der Waals surface area contributed by atoms with Crippen molar-refractivity contribution in [2.45, 2.75) is 19.9 Å². The first-order chi connectivity index (χ1) is 6.59. The van der Waals surface area contributed by atoms with Crippen molar-refractivity contribution in [2.75, 3.05) is 6.54 Å². The SMILES string of the molecule is C=C(Cl)CN[C@@H](C)c1ccc(C)cc1. The van der Waals surface area contributed by atoms with E-state index >= 15 is 0 Å². The van der Waals surface area contributed by atoms with Gasteiger partial charge < -0.3 is 5.32 Å². The van der Waals surface area contributed by atoms with Gasteiger partial charge in [-0.15, -0.1) is 0 Å². The lowest BCUT2D eigenvalue weighted by atomic mass is 10.1. The Balaban J connectivity index is 2.56. The van der Waals surface area contributed by atoms with Crippen molar-refractivity contribution in [3.05, 3.63) is 47.0 Å². The number of halogens is 1. The Bertz CT molecular complexity index is 303. The van der Waals surface area contributed by atoms with Crippen molar-refractivity contribution in [1.29, 1.82) is 0 Å². The summed E-state index contributed by atoms with van der Waals surface area (Å²) < 4.78 is 0. The lowest BCUT2D eigenvalue weighted by molar-refractivity contribution is 0.614. The third-order valence-electron chi connectivity index (χ3n) is 2.18. The van der Waals surface area contributed by atoms with E-state index in [-0.39, 0.29) is 0 Å². The van der Waals surface area contributed by atoms with E-state index in [1.54, 1.807) is 0 Å². The quantitative estimate of drug-likeness (QED) is 0.802. The lowest BCUT2D eigenvalue weighted by Crippen LogP contribution is -2.19. The first-order valence-electron chi connectivity index (χ1n) is 4.73. The van der Waals surface area contributed by atoms with Crippen molar-refractivity contribution in [3.8, 4) is 0 Å². The summed E-state index contributed by atoms with van der Waals surface area (Å²) in [7, 11) is 0. The van der Waals surface area contributed by atoms with Crippen LogP contribution in [-0.2, 0) is 0 Å². The first kappa shape index (κ1) is 11.3. The molecule has 1 atom stereocenters. The third-order valence-corrected chi connectivity index (χ3v) is 2.31.